The first-order valence-corrected chi connectivity index (χ1v) is 8.49. The van der Waals surface area contributed by atoms with Crippen molar-refractivity contribution in [3.05, 3.63) is 42.2 Å². The molecule has 0 saturated carbocycles. The van der Waals surface area contributed by atoms with Crippen molar-refractivity contribution in [1.29, 1.82) is 0 Å². The summed E-state index contributed by atoms with van der Waals surface area (Å²) in [7, 11) is 0. The van der Waals surface area contributed by atoms with Crippen molar-refractivity contribution in [3.8, 4) is 0 Å². The number of carbonyl (C=O) groups is 2. The number of rotatable bonds is 2. The summed E-state index contributed by atoms with van der Waals surface area (Å²) >= 11 is 0. The summed E-state index contributed by atoms with van der Waals surface area (Å²) in [5.74, 6) is -0.631. The third kappa shape index (κ3) is 3.59. The molecule has 1 unspecified atom stereocenters. The van der Waals surface area contributed by atoms with E-state index in [9.17, 15) is 22.8 Å². The molecule has 1 aromatic rings. The Morgan fingerprint density at radius 1 is 1.15 bits per heavy atom. The molecule has 2 amide bonds. The largest absolute Gasteiger partial charge is 0.433 e. The number of aromatic nitrogens is 1. The van der Waals surface area contributed by atoms with Crippen LogP contribution in [0.1, 0.15) is 35.4 Å². The lowest BCUT2D eigenvalue weighted by Gasteiger charge is -2.40. The van der Waals surface area contributed by atoms with Gasteiger partial charge in [0.05, 0.1) is 0 Å². The molecule has 1 atom stereocenters. The molecule has 1 spiro atoms. The van der Waals surface area contributed by atoms with Gasteiger partial charge in [-0.15, -0.1) is 0 Å². The average molecular weight is 367 g/mol. The van der Waals surface area contributed by atoms with Crippen molar-refractivity contribution in [2.75, 3.05) is 26.2 Å². The van der Waals surface area contributed by atoms with E-state index in [1.807, 2.05) is 0 Å². The Bertz CT molecular complexity index is 735. The zero-order chi connectivity index (χ0) is 18.9. The molecule has 3 rings (SSSR count). The fraction of sp³-hybridized carbons (Fsp3) is 0.500. The second-order valence-corrected chi connectivity index (χ2v) is 6.95. The fourth-order valence-electron chi connectivity index (χ4n) is 3.84. The van der Waals surface area contributed by atoms with E-state index in [1.54, 1.807) is 9.80 Å². The van der Waals surface area contributed by atoms with Gasteiger partial charge in [-0.25, -0.2) is 4.98 Å². The predicted molar refractivity (Wildman–Crippen MR) is 88.2 cm³/mol. The highest BCUT2D eigenvalue weighted by Crippen LogP contribution is 2.39. The van der Waals surface area contributed by atoms with Crippen molar-refractivity contribution in [3.63, 3.8) is 0 Å². The number of hydrogen-bond acceptors (Lipinski definition) is 3. The third-order valence-corrected chi connectivity index (χ3v) is 5.13. The van der Waals surface area contributed by atoms with Gasteiger partial charge in [0.1, 0.15) is 11.4 Å². The quantitative estimate of drug-likeness (QED) is 0.756. The van der Waals surface area contributed by atoms with Crippen LogP contribution in [0.3, 0.4) is 0 Å². The highest BCUT2D eigenvalue weighted by atomic mass is 19.4. The molecule has 140 valence electrons. The van der Waals surface area contributed by atoms with Gasteiger partial charge in [-0.1, -0.05) is 12.6 Å². The minimum absolute atomic E-state index is 0.131. The molecule has 2 aliphatic heterocycles. The highest BCUT2D eigenvalue weighted by Gasteiger charge is 2.44. The van der Waals surface area contributed by atoms with Crippen LogP contribution in [-0.2, 0) is 11.0 Å². The third-order valence-electron chi connectivity index (χ3n) is 5.13. The van der Waals surface area contributed by atoms with E-state index >= 15 is 0 Å². The van der Waals surface area contributed by atoms with E-state index in [0.29, 0.717) is 26.2 Å². The Balaban J connectivity index is 1.73. The van der Waals surface area contributed by atoms with Crippen molar-refractivity contribution in [1.82, 2.24) is 14.8 Å². The zero-order valence-corrected chi connectivity index (χ0v) is 14.3. The summed E-state index contributed by atoms with van der Waals surface area (Å²) in [5.41, 5.74) is -1.47. The molecule has 2 fully saturated rings. The molecule has 3 heterocycles. The molecule has 0 bridgehead atoms. The Hall–Kier alpha value is -2.38. The van der Waals surface area contributed by atoms with Crippen LogP contribution in [-0.4, -0.2) is 52.8 Å². The smallest absolute Gasteiger partial charge is 0.339 e. The summed E-state index contributed by atoms with van der Waals surface area (Å²) in [4.78, 5) is 31.3. The SMILES string of the molecule is C=CC(=O)N1CCCC2(CCN(C(=O)c3cccc(C(F)(F)F)n3)C2)C1. The van der Waals surface area contributed by atoms with Gasteiger partial charge in [-0.05, 0) is 37.5 Å². The number of piperidine rings is 1. The molecular formula is C18H20F3N3O2. The number of halogens is 3. The first-order valence-electron chi connectivity index (χ1n) is 8.49. The number of likely N-dealkylation sites (tertiary alicyclic amines) is 2. The lowest BCUT2D eigenvalue weighted by molar-refractivity contribution is -0.141. The molecule has 0 radical (unpaired) electrons. The summed E-state index contributed by atoms with van der Waals surface area (Å²) < 4.78 is 38.4. The zero-order valence-electron chi connectivity index (χ0n) is 14.3. The van der Waals surface area contributed by atoms with E-state index in [1.165, 1.54) is 18.2 Å². The normalized spacial score (nSPS) is 23.3. The molecule has 0 aliphatic carbocycles. The van der Waals surface area contributed by atoms with E-state index in [2.05, 4.69) is 11.6 Å². The summed E-state index contributed by atoms with van der Waals surface area (Å²) in [6.07, 6.45) is -0.864. The van der Waals surface area contributed by atoms with Crippen LogP contribution in [0, 0.1) is 5.41 Å². The molecule has 5 nitrogen and oxygen atoms in total. The Morgan fingerprint density at radius 3 is 2.58 bits per heavy atom. The first-order chi connectivity index (χ1) is 12.2. The molecular weight excluding hydrogens is 347 g/mol. The predicted octanol–water partition coefficient (Wildman–Crippen LogP) is 2.74. The average Bonchev–Trinajstić information content (AvgIpc) is 3.03. The number of hydrogen-bond donors (Lipinski definition) is 0. The van der Waals surface area contributed by atoms with Crippen LogP contribution in [0.4, 0.5) is 13.2 Å². The van der Waals surface area contributed by atoms with Gasteiger partial charge in [-0.3, -0.25) is 9.59 Å². The van der Waals surface area contributed by atoms with Crippen molar-refractivity contribution in [2.24, 2.45) is 5.41 Å². The number of amides is 2. The monoisotopic (exact) mass is 367 g/mol. The van der Waals surface area contributed by atoms with Gasteiger partial charge >= 0.3 is 6.18 Å². The minimum Gasteiger partial charge on any atom is -0.339 e. The maximum Gasteiger partial charge on any atom is 0.433 e. The molecule has 2 saturated heterocycles. The van der Waals surface area contributed by atoms with E-state index in [-0.39, 0.29) is 17.0 Å². The van der Waals surface area contributed by atoms with Gasteiger partial charge in [0.15, 0.2) is 0 Å². The van der Waals surface area contributed by atoms with Gasteiger partial charge in [0.25, 0.3) is 5.91 Å². The topological polar surface area (TPSA) is 53.5 Å². The van der Waals surface area contributed by atoms with Crippen LogP contribution in [0.15, 0.2) is 30.9 Å². The number of carbonyl (C=O) groups excluding carboxylic acids is 2. The lowest BCUT2D eigenvalue weighted by Crippen LogP contribution is -2.47. The number of nitrogens with zero attached hydrogens (tertiary/aromatic N) is 3. The number of alkyl halides is 3. The van der Waals surface area contributed by atoms with Gasteiger partial charge < -0.3 is 9.80 Å². The van der Waals surface area contributed by atoms with Gasteiger partial charge in [0.2, 0.25) is 5.91 Å². The van der Waals surface area contributed by atoms with E-state index in [0.717, 1.165) is 25.3 Å². The summed E-state index contributed by atoms with van der Waals surface area (Å²) in [5, 5.41) is 0. The Morgan fingerprint density at radius 2 is 1.88 bits per heavy atom. The molecule has 1 aromatic heterocycles. The first kappa shape index (κ1) is 18.4. The van der Waals surface area contributed by atoms with Crippen molar-refractivity contribution >= 4 is 11.8 Å². The number of pyridine rings is 1. The molecule has 0 N–H and O–H groups in total. The molecule has 8 heteroatoms. The second kappa shape index (κ2) is 6.74. The van der Waals surface area contributed by atoms with Crippen LogP contribution in [0.5, 0.6) is 0 Å². The maximum absolute atomic E-state index is 12.8. The Kier molecular flexibility index (Phi) is 4.77. The highest BCUT2D eigenvalue weighted by molar-refractivity contribution is 5.92. The maximum atomic E-state index is 12.8. The van der Waals surface area contributed by atoms with Crippen molar-refractivity contribution in [2.45, 2.75) is 25.4 Å². The van der Waals surface area contributed by atoms with Crippen LogP contribution in [0.25, 0.3) is 0 Å². The van der Waals surface area contributed by atoms with E-state index < -0.39 is 17.8 Å². The summed E-state index contributed by atoms with van der Waals surface area (Å²) in [6.45, 7) is 5.58. The molecule has 0 aromatic carbocycles. The summed E-state index contributed by atoms with van der Waals surface area (Å²) in [6, 6.07) is 3.35. The van der Waals surface area contributed by atoms with Crippen molar-refractivity contribution < 1.29 is 22.8 Å². The van der Waals surface area contributed by atoms with Crippen LogP contribution >= 0.6 is 0 Å². The van der Waals surface area contributed by atoms with Crippen LogP contribution < -0.4 is 0 Å². The fourth-order valence-corrected chi connectivity index (χ4v) is 3.84. The molecule has 26 heavy (non-hydrogen) atoms. The lowest BCUT2D eigenvalue weighted by atomic mass is 9.79. The van der Waals surface area contributed by atoms with Gasteiger partial charge in [0, 0.05) is 31.6 Å². The standard InChI is InChI=1S/C18H20F3N3O2/c1-2-15(25)23-9-4-7-17(11-23)8-10-24(12-17)16(26)13-5-3-6-14(22-13)18(19,20)21/h2-3,5-6H,1,4,7-12H2. The van der Waals surface area contributed by atoms with Gasteiger partial charge in [-0.2, -0.15) is 13.2 Å². The van der Waals surface area contributed by atoms with E-state index in [4.69, 9.17) is 0 Å². The van der Waals surface area contributed by atoms with Crippen LogP contribution in [0.2, 0.25) is 0 Å². The second-order valence-electron chi connectivity index (χ2n) is 6.95. The minimum atomic E-state index is -4.59. The molecule has 2 aliphatic rings. The Labute approximate surface area is 149 Å².